The molecule has 51 heavy (non-hydrogen) atoms. The Balaban J connectivity index is 1.59. The number of hydrogen-bond acceptors (Lipinski definition) is 8. The number of nitrogens with one attached hydrogen (secondary N) is 2. The quantitative estimate of drug-likeness (QED) is 0.285. The summed E-state index contributed by atoms with van der Waals surface area (Å²) < 4.78 is 81.5. The lowest BCUT2D eigenvalue weighted by Gasteiger charge is -2.35. The highest BCUT2D eigenvalue weighted by Crippen LogP contribution is 2.31. The number of ether oxygens (including phenoxy) is 2. The maximum Gasteiger partial charge on any atom is 0.416 e. The minimum Gasteiger partial charge on any atom is -0.490 e. The number of anilines is 2. The van der Waals surface area contributed by atoms with Gasteiger partial charge in [0, 0.05) is 57.3 Å². The molecule has 17 heteroatoms. The number of aliphatic hydroxyl groups excluding tert-OH is 1. The number of amides is 3. The molecule has 2 aromatic carbocycles. The van der Waals surface area contributed by atoms with Gasteiger partial charge in [0.2, 0.25) is 0 Å². The van der Waals surface area contributed by atoms with Crippen molar-refractivity contribution in [3.8, 4) is 5.75 Å². The third-order valence-corrected chi connectivity index (χ3v) is 9.79. The van der Waals surface area contributed by atoms with Gasteiger partial charge in [-0.2, -0.15) is 21.6 Å². The molecule has 4 atom stereocenters. The molecule has 0 saturated heterocycles. The van der Waals surface area contributed by atoms with Crippen LogP contribution < -0.4 is 14.8 Å². The number of imidazole rings is 1. The lowest BCUT2D eigenvalue weighted by molar-refractivity contribution is -0.137. The lowest BCUT2D eigenvalue weighted by Crippen LogP contribution is -2.48. The minimum atomic E-state index is -4.51. The fourth-order valence-corrected chi connectivity index (χ4v) is 6.53. The summed E-state index contributed by atoms with van der Waals surface area (Å²) in [5.41, 5.74) is -0.461. The van der Waals surface area contributed by atoms with Crippen LogP contribution in [0.2, 0.25) is 0 Å². The number of hydrogen-bond donors (Lipinski definition) is 3. The van der Waals surface area contributed by atoms with Crippen LogP contribution in [0, 0.1) is 5.92 Å². The summed E-state index contributed by atoms with van der Waals surface area (Å²) in [5.74, 6) is -0.657. The van der Waals surface area contributed by atoms with E-state index in [0.717, 1.165) is 18.6 Å². The van der Waals surface area contributed by atoms with Crippen LogP contribution in [0.4, 0.5) is 29.3 Å². The summed E-state index contributed by atoms with van der Waals surface area (Å²) in [6.45, 7) is 5.52. The van der Waals surface area contributed by atoms with Gasteiger partial charge in [-0.1, -0.05) is 6.92 Å². The van der Waals surface area contributed by atoms with E-state index < -0.39 is 45.8 Å². The fourth-order valence-electron chi connectivity index (χ4n) is 5.50. The molecule has 4 rings (SSSR count). The van der Waals surface area contributed by atoms with Gasteiger partial charge in [-0.25, -0.2) is 9.78 Å². The van der Waals surface area contributed by atoms with Gasteiger partial charge in [0.25, 0.3) is 15.9 Å². The Morgan fingerprint density at radius 2 is 1.82 bits per heavy atom. The number of urea groups is 1. The standard InChI is InChI=1S/C34H45F3N6O7S/c1-22-17-43(23(2)20-44)32(45)28-16-27(40-51(47,48)31-19-41(4)21-38-31)13-14-29(28)50-24(3)8-6-7-15-49-30(22)18-42(5)33(46)39-26-11-9-25(10-12-26)34(35,36)37/h9-14,16,19,21-24,30,40,44H,6-8,15,17-18,20H2,1-5H3,(H,39,46)/t22-,23-,24-,30+/m1/s1. The first-order valence-corrected chi connectivity index (χ1v) is 18.0. The Labute approximate surface area is 295 Å². The maximum atomic E-state index is 14.3. The van der Waals surface area contributed by atoms with Gasteiger partial charge in [-0.3, -0.25) is 9.52 Å². The Hall–Kier alpha value is -4.35. The molecule has 3 amide bonds. The number of carbonyl (C=O) groups excluding carboxylic acids is 2. The second-order valence-electron chi connectivity index (χ2n) is 12.9. The first-order valence-electron chi connectivity index (χ1n) is 16.5. The molecule has 1 aliphatic heterocycles. The number of fused-ring (bicyclic) bond motifs is 1. The van der Waals surface area contributed by atoms with Gasteiger partial charge >= 0.3 is 12.2 Å². The van der Waals surface area contributed by atoms with Crippen LogP contribution in [0.3, 0.4) is 0 Å². The number of benzene rings is 2. The highest BCUT2D eigenvalue weighted by molar-refractivity contribution is 7.92. The molecule has 0 bridgehead atoms. The van der Waals surface area contributed by atoms with Crippen molar-refractivity contribution in [2.24, 2.45) is 13.0 Å². The van der Waals surface area contributed by atoms with Crippen LogP contribution in [0.15, 0.2) is 60.0 Å². The topological polar surface area (TPSA) is 155 Å². The number of alkyl halides is 3. The van der Waals surface area contributed by atoms with E-state index in [4.69, 9.17) is 9.47 Å². The van der Waals surface area contributed by atoms with Crippen molar-refractivity contribution in [3.05, 3.63) is 66.1 Å². The molecule has 1 aromatic heterocycles. The molecule has 0 fully saturated rings. The van der Waals surface area contributed by atoms with Crippen LogP contribution in [-0.2, 0) is 28.0 Å². The predicted octanol–water partition coefficient (Wildman–Crippen LogP) is 5.20. The molecule has 0 aliphatic carbocycles. The smallest absolute Gasteiger partial charge is 0.416 e. The van der Waals surface area contributed by atoms with Crippen molar-refractivity contribution in [3.63, 3.8) is 0 Å². The van der Waals surface area contributed by atoms with Crippen molar-refractivity contribution >= 4 is 33.3 Å². The van der Waals surface area contributed by atoms with Gasteiger partial charge in [0.05, 0.1) is 42.3 Å². The predicted molar refractivity (Wildman–Crippen MR) is 184 cm³/mol. The summed E-state index contributed by atoms with van der Waals surface area (Å²) >= 11 is 0. The zero-order valence-electron chi connectivity index (χ0n) is 29.2. The van der Waals surface area contributed by atoms with E-state index in [0.29, 0.717) is 19.4 Å². The number of nitrogens with zero attached hydrogens (tertiary/aromatic N) is 4. The summed E-state index contributed by atoms with van der Waals surface area (Å²) in [5, 5.41) is 12.6. The average Bonchev–Trinajstić information content (AvgIpc) is 3.53. The number of rotatable bonds is 8. The zero-order valence-corrected chi connectivity index (χ0v) is 30.0. The van der Waals surface area contributed by atoms with E-state index in [1.54, 1.807) is 14.0 Å². The number of likely N-dealkylation sites (N-methyl/N-ethyl adjacent to an activating group) is 1. The van der Waals surface area contributed by atoms with Crippen LogP contribution >= 0.6 is 0 Å². The van der Waals surface area contributed by atoms with Crippen LogP contribution in [0.1, 0.15) is 56.0 Å². The summed E-state index contributed by atoms with van der Waals surface area (Å²) in [4.78, 5) is 34.1. The Morgan fingerprint density at radius 1 is 1.14 bits per heavy atom. The molecule has 0 spiro atoms. The second-order valence-corrected chi connectivity index (χ2v) is 14.5. The molecule has 0 saturated carbocycles. The molecule has 1 aliphatic rings. The molecule has 3 N–H and O–H groups in total. The molecule has 280 valence electrons. The van der Waals surface area contributed by atoms with Gasteiger partial charge in [-0.05, 0) is 75.6 Å². The summed E-state index contributed by atoms with van der Waals surface area (Å²) in [6.07, 6.45) is -0.673. The van der Waals surface area contributed by atoms with E-state index in [1.165, 1.54) is 64.3 Å². The molecule has 0 unspecified atom stereocenters. The molecule has 0 radical (unpaired) electrons. The van der Waals surface area contributed by atoms with Gasteiger partial charge in [0.1, 0.15) is 5.75 Å². The van der Waals surface area contributed by atoms with Crippen LogP contribution in [-0.4, -0.2) is 96.4 Å². The van der Waals surface area contributed by atoms with Crippen molar-refractivity contribution in [2.45, 2.75) is 69.5 Å². The second kappa shape index (κ2) is 16.8. The zero-order chi connectivity index (χ0) is 37.5. The van der Waals surface area contributed by atoms with Crippen molar-refractivity contribution < 1.29 is 45.8 Å². The van der Waals surface area contributed by atoms with E-state index in [-0.39, 0.29) is 59.4 Å². The van der Waals surface area contributed by atoms with Gasteiger partial charge < -0.3 is 34.3 Å². The van der Waals surface area contributed by atoms with E-state index >= 15 is 0 Å². The molecular weight excluding hydrogens is 693 g/mol. The third-order valence-electron chi connectivity index (χ3n) is 8.52. The fraction of sp³-hybridized carbons (Fsp3) is 0.500. The molecular formula is C34H45F3N6O7S. The number of carbonyl (C=O) groups is 2. The normalized spacial score (nSPS) is 20.1. The molecule has 2 heterocycles. The minimum absolute atomic E-state index is 0.0816. The lowest BCUT2D eigenvalue weighted by atomic mass is 10.0. The van der Waals surface area contributed by atoms with Crippen molar-refractivity contribution in [1.82, 2.24) is 19.4 Å². The van der Waals surface area contributed by atoms with Crippen molar-refractivity contribution in [2.75, 3.05) is 43.4 Å². The largest absolute Gasteiger partial charge is 0.490 e. The van der Waals surface area contributed by atoms with Gasteiger partial charge in [-0.15, -0.1) is 0 Å². The monoisotopic (exact) mass is 738 g/mol. The summed E-state index contributed by atoms with van der Waals surface area (Å²) in [6, 6.07) is 7.30. The number of aromatic nitrogens is 2. The average molecular weight is 739 g/mol. The number of aryl methyl sites for hydroxylation is 1. The highest BCUT2D eigenvalue weighted by Gasteiger charge is 2.32. The summed E-state index contributed by atoms with van der Waals surface area (Å²) in [7, 11) is -0.912. The molecule has 3 aromatic rings. The number of halogens is 3. The van der Waals surface area contributed by atoms with E-state index in [1.807, 2.05) is 13.8 Å². The highest BCUT2D eigenvalue weighted by atomic mass is 32.2. The van der Waals surface area contributed by atoms with Gasteiger partial charge in [0.15, 0.2) is 5.03 Å². The first-order chi connectivity index (χ1) is 24.0. The number of aliphatic hydroxyl groups is 1. The van der Waals surface area contributed by atoms with Crippen LogP contribution in [0.25, 0.3) is 0 Å². The van der Waals surface area contributed by atoms with E-state index in [9.17, 15) is 36.3 Å². The first kappa shape index (κ1) is 39.4. The Kier molecular flexibility index (Phi) is 13.0. The Morgan fingerprint density at radius 3 is 2.45 bits per heavy atom. The maximum absolute atomic E-state index is 14.3. The van der Waals surface area contributed by atoms with Crippen molar-refractivity contribution in [1.29, 1.82) is 0 Å². The Bertz CT molecular complexity index is 1750. The SMILES string of the molecule is C[C@@H]1CCCCO[C@@H](CN(C)C(=O)Nc2ccc(C(F)(F)F)cc2)[C@H](C)CN([C@H](C)CO)C(=O)c2cc(NS(=O)(=O)c3cn(C)cn3)ccc2O1. The number of sulfonamides is 1. The molecule has 13 nitrogen and oxygen atoms in total. The van der Waals surface area contributed by atoms with Crippen LogP contribution in [0.5, 0.6) is 5.75 Å². The van der Waals surface area contributed by atoms with E-state index in [2.05, 4.69) is 15.0 Å². The third kappa shape index (κ3) is 10.6.